The Labute approximate surface area is 142 Å². The summed E-state index contributed by atoms with van der Waals surface area (Å²) in [5, 5.41) is 0. The first-order chi connectivity index (χ1) is 11.2. The molecule has 23 heavy (non-hydrogen) atoms. The molecule has 0 bridgehead atoms. The third kappa shape index (κ3) is 3.51. The van der Waals surface area contributed by atoms with Crippen molar-refractivity contribution in [3.8, 4) is 5.75 Å². The van der Waals surface area contributed by atoms with E-state index in [0.717, 1.165) is 21.3 Å². The van der Waals surface area contributed by atoms with Crippen LogP contribution in [0.15, 0.2) is 63.7 Å². The topological polar surface area (TPSA) is 47.9 Å². The van der Waals surface area contributed by atoms with E-state index < -0.39 is 5.97 Å². The first-order valence-electron chi connectivity index (χ1n) is 7.17. The third-order valence-corrected chi connectivity index (χ3v) is 3.89. The van der Waals surface area contributed by atoms with E-state index in [2.05, 4.69) is 20.9 Å². The fourth-order valence-corrected chi connectivity index (χ4v) is 2.63. The summed E-state index contributed by atoms with van der Waals surface area (Å²) in [7, 11) is 0. The van der Waals surface area contributed by atoms with Crippen LogP contribution in [0.25, 0.3) is 6.08 Å². The molecule has 0 saturated carbocycles. The van der Waals surface area contributed by atoms with Gasteiger partial charge in [0.15, 0.2) is 5.70 Å². The molecule has 0 amide bonds. The lowest BCUT2D eigenvalue weighted by Crippen LogP contribution is -2.05. The summed E-state index contributed by atoms with van der Waals surface area (Å²) in [6.07, 6.45) is 1.69. The number of aliphatic imine (C=N–C) groups is 1. The van der Waals surface area contributed by atoms with E-state index in [-0.39, 0.29) is 5.70 Å². The van der Waals surface area contributed by atoms with Gasteiger partial charge in [0.1, 0.15) is 5.75 Å². The van der Waals surface area contributed by atoms with Crippen LogP contribution >= 0.6 is 15.9 Å². The maximum absolute atomic E-state index is 12.0. The fraction of sp³-hybridized carbons (Fsp3) is 0.111. The van der Waals surface area contributed by atoms with Gasteiger partial charge in [0.2, 0.25) is 5.90 Å². The number of benzene rings is 2. The predicted molar refractivity (Wildman–Crippen MR) is 92.4 cm³/mol. The summed E-state index contributed by atoms with van der Waals surface area (Å²) in [6, 6.07) is 15.0. The molecule has 0 atom stereocenters. The molecule has 0 fully saturated rings. The minimum absolute atomic E-state index is 0.268. The smallest absolute Gasteiger partial charge is 0.363 e. The van der Waals surface area contributed by atoms with Crippen LogP contribution in [0.3, 0.4) is 0 Å². The van der Waals surface area contributed by atoms with Crippen molar-refractivity contribution in [1.29, 1.82) is 0 Å². The summed E-state index contributed by atoms with van der Waals surface area (Å²) in [5.74, 6) is 0.593. The van der Waals surface area contributed by atoms with Gasteiger partial charge in [-0.3, -0.25) is 0 Å². The Balaban J connectivity index is 1.92. The molecular formula is C18H14BrNO3. The highest BCUT2D eigenvalue weighted by Crippen LogP contribution is 2.24. The Morgan fingerprint density at radius 1 is 1.22 bits per heavy atom. The van der Waals surface area contributed by atoms with Crippen LogP contribution in [0.4, 0.5) is 0 Å². The van der Waals surface area contributed by atoms with Crippen LogP contribution in [-0.4, -0.2) is 18.5 Å². The summed E-state index contributed by atoms with van der Waals surface area (Å²) in [6.45, 7) is 2.51. The zero-order chi connectivity index (χ0) is 16.2. The summed E-state index contributed by atoms with van der Waals surface area (Å²) in [4.78, 5) is 16.3. The maximum atomic E-state index is 12.0. The average Bonchev–Trinajstić information content (AvgIpc) is 2.89. The predicted octanol–water partition coefficient (Wildman–Crippen LogP) is 4.19. The van der Waals surface area contributed by atoms with Crippen molar-refractivity contribution in [3.63, 3.8) is 0 Å². The lowest BCUT2D eigenvalue weighted by Gasteiger charge is -2.03. The molecule has 0 radical (unpaired) electrons. The fourth-order valence-electron chi connectivity index (χ4n) is 2.18. The molecule has 2 aromatic carbocycles. The lowest BCUT2D eigenvalue weighted by molar-refractivity contribution is -0.129. The molecule has 4 nitrogen and oxygen atoms in total. The van der Waals surface area contributed by atoms with E-state index in [1.807, 2.05) is 55.5 Å². The molecule has 0 spiro atoms. The first kappa shape index (κ1) is 15.5. The van der Waals surface area contributed by atoms with Gasteiger partial charge < -0.3 is 9.47 Å². The second-order valence-corrected chi connectivity index (χ2v) is 5.68. The summed E-state index contributed by atoms with van der Waals surface area (Å²) >= 11 is 3.43. The molecule has 5 heteroatoms. The van der Waals surface area contributed by atoms with Crippen LogP contribution in [0.1, 0.15) is 18.1 Å². The monoisotopic (exact) mass is 371 g/mol. The Morgan fingerprint density at radius 2 is 2.04 bits per heavy atom. The van der Waals surface area contributed by atoms with Crippen LogP contribution < -0.4 is 4.74 Å². The molecule has 0 aromatic heterocycles. The number of esters is 1. The second kappa shape index (κ2) is 6.79. The standard InChI is InChI=1S/C18H14BrNO3/c1-2-22-13-7-5-6-12(10-13)11-16-18(21)23-17(20-16)14-8-3-4-9-15(14)19/h3-11H,2H2,1H3/b16-11-. The van der Waals surface area contributed by atoms with Gasteiger partial charge in [0.25, 0.3) is 0 Å². The number of ether oxygens (including phenoxy) is 2. The molecule has 0 unspecified atom stereocenters. The number of nitrogens with zero attached hydrogens (tertiary/aromatic N) is 1. The van der Waals surface area contributed by atoms with E-state index >= 15 is 0 Å². The van der Waals surface area contributed by atoms with Crippen molar-refractivity contribution in [2.45, 2.75) is 6.92 Å². The van der Waals surface area contributed by atoms with Gasteiger partial charge in [0, 0.05) is 4.47 Å². The SMILES string of the molecule is CCOc1cccc(/C=C2\N=C(c3ccccc3Br)OC2=O)c1. The van der Waals surface area contributed by atoms with Crippen LogP contribution in [0, 0.1) is 0 Å². The highest BCUT2D eigenvalue weighted by atomic mass is 79.9. The Hall–Kier alpha value is -2.40. The summed E-state index contributed by atoms with van der Waals surface area (Å²) < 4.78 is 11.6. The number of cyclic esters (lactones) is 1. The normalized spacial score (nSPS) is 15.5. The molecule has 2 aromatic rings. The van der Waals surface area contributed by atoms with Gasteiger partial charge in [-0.05, 0) is 58.8 Å². The maximum Gasteiger partial charge on any atom is 0.363 e. The number of carbonyl (C=O) groups is 1. The molecule has 0 saturated heterocycles. The largest absolute Gasteiger partial charge is 0.494 e. The molecule has 116 valence electrons. The van der Waals surface area contributed by atoms with Gasteiger partial charge >= 0.3 is 5.97 Å². The van der Waals surface area contributed by atoms with Gasteiger partial charge in [-0.15, -0.1) is 0 Å². The number of hydrogen-bond donors (Lipinski definition) is 0. The van der Waals surface area contributed by atoms with E-state index in [1.165, 1.54) is 0 Å². The average molecular weight is 372 g/mol. The number of carbonyl (C=O) groups excluding carboxylic acids is 1. The van der Waals surface area contributed by atoms with E-state index in [4.69, 9.17) is 9.47 Å². The van der Waals surface area contributed by atoms with Crippen molar-refractivity contribution in [1.82, 2.24) is 0 Å². The number of halogens is 1. The van der Waals surface area contributed by atoms with E-state index in [1.54, 1.807) is 6.08 Å². The minimum Gasteiger partial charge on any atom is -0.494 e. The molecule has 0 N–H and O–H groups in total. The second-order valence-electron chi connectivity index (χ2n) is 4.82. The van der Waals surface area contributed by atoms with Gasteiger partial charge in [-0.2, -0.15) is 0 Å². The third-order valence-electron chi connectivity index (χ3n) is 3.20. The molecule has 1 heterocycles. The zero-order valence-electron chi connectivity index (χ0n) is 12.5. The van der Waals surface area contributed by atoms with Crippen LogP contribution in [0.5, 0.6) is 5.75 Å². The van der Waals surface area contributed by atoms with Gasteiger partial charge in [-0.25, -0.2) is 9.79 Å². The van der Waals surface area contributed by atoms with E-state index in [9.17, 15) is 4.79 Å². The Bertz CT molecular complexity index is 811. The quantitative estimate of drug-likeness (QED) is 0.597. The Morgan fingerprint density at radius 3 is 2.83 bits per heavy atom. The van der Waals surface area contributed by atoms with Crippen molar-refractivity contribution < 1.29 is 14.3 Å². The number of hydrogen-bond acceptors (Lipinski definition) is 4. The Kier molecular flexibility index (Phi) is 4.57. The van der Waals surface area contributed by atoms with E-state index in [0.29, 0.717) is 12.5 Å². The molecular weight excluding hydrogens is 358 g/mol. The molecule has 3 rings (SSSR count). The van der Waals surface area contributed by atoms with Crippen molar-refractivity contribution in [2.75, 3.05) is 6.61 Å². The van der Waals surface area contributed by atoms with Crippen molar-refractivity contribution >= 4 is 33.9 Å². The molecule has 0 aliphatic carbocycles. The molecule has 1 aliphatic heterocycles. The molecule has 1 aliphatic rings. The van der Waals surface area contributed by atoms with Crippen molar-refractivity contribution in [2.24, 2.45) is 4.99 Å². The minimum atomic E-state index is -0.461. The first-order valence-corrected chi connectivity index (χ1v) is 7.97. The zero-order valence-corrected chi connectivity index (χ0v) is 14.0. The van der Waals surface area contributed by atoms with Crippen LogP contribution in [-0.2, 0) is 9.53 Å². The van der Waals surface area contributed by atoms with Crippen molar-refractivity contribution in [3.05, 3.63) is 69.8 Å². The lowest BCUT2D eigenvalue weighted by atomic mass is 10.2. The van der Waals surface area contributed by atoms with Crippen LogP contribution in [0.2, 0.25) is 0 Å². The van der Waals surface area contributed by atoms with Gasteiger partial charge in [-0.1, -0.05) is 24.3 Å². The van der Waals surface area contributed by atoms with Gasteiger partial charge in [0.05, 0.1) is 12.2 Å². The number of rotatable bonds is 4. The highest BCUT2D eigenvalue weighted by molar-refractivity contribution is 9.10. The summed E-state index contributed by atoms with van der Waals surface area (Å²) in [5.41, 5.74) is 1.84. The highest BCUT2D eigenvalue weighted by Gasteiger charge is 2.25.